The van der Waals surface area contributed by atoms with Gasteiger partial charge in [-0.05, 0) is 63.2 Å². The molecule has 0 bridgehead atoms. The second-order valence-electron chi connectivity index (χ2n) is 7.58. The van der Waals surface area contributed by atoms with Crippen LogP contribution in [0.5, 0.6) is 11.5 Å². The fourth-order valence-corrected chi connectivity index (χ4v) is 3.82. The van der Waals surface area contributed by atoms with Gasteiger partial charge in [-0.2, -0.15) is 0 Å². The molecule has 1 aromatic carbocycles. The standard InChI is InChI=1S/C22H27N3O3/c1-16-5-3-6-18(23-16)8-11-24(2)9-4-10-25-12-7-17-13-20-21(28-15-27-20)14-19(17)22(25)26/h3,5-6,13-14H,4,7-12,15H2,1-2H3. The van der Waals surface area contributed by atoms with Crippen molar-refractivity contribution < 1.29 is 14.3 Å². The van der Waals surface area contributed by atoms with Crippen molar-refractivity contribution in [2.75, 3.05) is 40.0 Å². The number of rotatable bonds is 7. The molecule has 0 saturated heterocycles. The largest absolute Gasteiger partial charge is 0.454 e. The molecule has 1 aromatic heterocycles. The van der Waals surface area contributed by atoms with Crippen LogP contribution in [0, 0.1) is 6.92 Å². The first-order chi connectivity index (χ1) is 13.6. The summed E-state index contributed by atoms with van der Waals surface area (Å²) < 4.78 is 10.8. The van der Waals surface area contributed by atoms with Crippen LogP contribution in [-0.4, -0.2) is 60.7 Å². The minimum absolute atomic E-state index is 0.103. The van der Waals surface area contributed by atoms with E-state index in [1.54, 1.807) is 0 Å². The molecule has 28 heavy (non-hydrogen) atoms. The van der Waals surface area contributed by atoms with Gasteiger partial charge in [0.05, 0.1) is 0 Å². The molecule has 0 radical (unpaired) electrons. The Morgan fingerprint density at radius 1 is 1.18 bits per heavy atom. The predicted molar refractivity (Wildman–Crippen MR) is 107 cm³/mol. The number of aryl methyl sites for hydroxylation is 1. The van der Waals surface area contributed by atoms with Crippen LogP contribution in [-0.2, 0) is 12.8 Å². The fourth-order valence-electron chi connectivity index (χ4n) is 3.82. The SMILES string of the molecule is Cc1cccc(CCN(C)CCCN2CCc3cc4c(cc3C2=O)OCO4)n1. The highest BCUT2D eigenvalue weighted by atomic mass is 16.7. The minimum Gasteiger partial charge on any atom is -0.454 e. The van der Waals surface area contributed by atoms with Gasteiger partial charge in [0.2, 0.25) is 6.79 Å². The van der Waals surface area contributed by atoms with Crippen LogP contribution in [0.4, 0.5) is 0 Å². The predicted octanol–water partition coefficient (Wildman–Crippen LogP) is 2.68. The van der Waals surface area contributed by atoms with Gasteiger partial charge in [0.25, 0.3) is 5.91 Å². The van der Waals surface area contributed by atoms with Gasteiger partial charge in [0.15, 0.2) is 11.5 Å². The second kappa shape index (κ2) is 8.19. The lowest BCUT2D eigenvalue weighted by atomic mass is 9.98. The zero-order valence-electron chi connectivity index (χ0n) is 16.6. The number of pyridine rings is 1. The van der Waals surface area contributed by atoms with Crippen LogP contribution in [0.15, 0.2) is 30.3 Å². The van der Waals surface area contributed by atoms with Crippen molar-refractivity contribution in [3.63, 3.8) is 0 Å². The van der Waals surface area contributed by atoms with Crippen LogP contribution in [0.1, 0.15) is 33.7 Å². The molecule has 0 saturated carbocycles. The van der Waals surface area contributed by atoms with Gasteiger partial charge < -0.3 is 19.3 Å². The summed E-state index contributed by atoms with van der Waals surface area (Å²) in [7, 11) is 2.13. The van der Waals surface area contributed by atoms with Crippen LogP contribution in [0.3, 0.4) is 0 Å². The normalized spacial score (nSPS) is 15.2. The molecule has 0 atom stereocenters. The number of hydrogen-bond donors (Lipinski definition) is 0. The summed E-state index contributed by atoms with van der Waals surface area (Å²) in [6.45, 7) is 5.73. The van der Waals surface area contributed by atoms with E-state index < -0.39 is 0 Å². The van der Waals surface area contributed by atoms with E-state index >= 15 is 0 Å². The average Bonchev–Trinajstić information content (AvgIpc) is 3.14. The molecule has 6 nitrogen and oxygen atoms in total. The quantitative estimate of drug-likeness (QED) is 0.738. The Bertz CT molecular complexity index is 868. The van der Waals surface area contributed by atoms with E-state index in [0.29, 0.717) is 5.75 Å². The molecule has 3 heterocycles. The van der Waals surface area contributed by atoms with Crippen LogP contribution in [0.2, 0.25) is 0 Å². The highest BCUT2D eigenvalue weighted by Crippen LogP contribution is 2.36. The number of carbonyl (C=O) groups excluding carboxylic acids is 1. The van der Waals surface area contributed by atoms with Crippen molar-refractivity contribution >= 4 is 5.91 Å². The van der Waals surface area contributed by atoms with Gasteiger partial charge >= 0.3 is 0 Å². The second-order valence-corrected chi connectivity index (χ2v) is 7.58. The Morgan fingerprint density at radius 3 is 2.82 bits per heavy atom. The smallest absolute Gasteiger partial charge is 0.254 e. The molecule has 0 unspecified atom stereocenters. The Kier molecular flexibility index (Phi) is 5.48. The lowest BCUT2D eigenvalue weighted by Crippen LogP contribution is -2.39. The molecule has 2 aliphatic heterocycles. The molecule has 0 fully saturated rings. The van der Waals surface area contributed by atoms with E-state index in [2.05, 4.69) is 29.1 Å². The molecule has 0 aliphatic carbocycles. The number of aromatic nitrogens is 1. The zero-order chi connectivity index (χ0) is 19.5. The monoisotopic (exact) mass is 381 g/mol. The van der Waals surface area contributed by atoms with Crippen molar-refractivity contribution in [3.8, 4) is 11.5 Å². The van der Waals surface area contributed by atoms with Crippen molar-refractivity contribution in [3.05, 3.63) is 52.8 Å². The molecule has 4 rings (SSSR count). The van der Waals surface area contributed by atoms with Crippen molar-refractivity contribution in [1.29, 1.82) is 0 Å². The summed E-state index contributed by atoms with van der Waals surface area (Å²) in [5.74, 6) is 1.54. The number of hydrogen-bond acceptors (Lipinski definition) is 5. The van der Waals surface area contributed by atoms with Crippen molar-refractivity contribution in [2.45, 2.75) is 26.2 Å². The molecular weight excluding hydrogens is 354 g/mol. The van der Waals surface area contributed by atoms with Gasteiger partial charge in [-0.25, -0.2) is 0 Å². The summed E-state index contributed by atoms with van der Waals surface area (Å²) in [5.41, 5.74) is 4.02. The summed E-state index contributed by atoms with van der Waals surface area (Å²) in [6, 6.07) is 9.96. The summed E-state index contributed by atoms with van der Waals surface area (Å²) in [6.07, 6.45) is 2.78. The Balaban J connectivity index is 1.26. The number of fused-ring (bicyclic) bond motifs is 2. The lowest BCUT2D eigenvalue weighted by Gasteiger charge is -2.29. The maximum absolute atomic E-state index is 12.8. The summed E-state index contributed by atoms with van der Waals surface area (Å²) in [4.78, 5) is 21.7. The van der Waals surface area contributed by atoms with Gasteiger partial charge in [-0.1, -0.05) is 6.07 Å². The van der Waals surface area contributed by atoms with Gasteiger partial charge in [-0.3, -0.25) is 9.78 Å². The van der Waals surface area contributed by atoms with Gasteiger partial charge in [-0.15, -0.1) is 0 Å². The van der Waals surface area contributed by atoms with Crippen LogP contribution >= 0.6 is 0 Å². The minimum atomic E-state index is 0.103. The fraction of sp³-hybridized carbons (Fsp3) is 0.455. The van der Waals surface area contributed by atoms with Gasteiger partial charge in [0.1, 0.15) is 0 Å². The maximum atomic E-state index is 12.8. The third-order valence-electron chi connectivity index (χ3n) is 5.43. The first kappa shape index (κ1) is 18.7. The topological polar surface area (TPSA) is 54.9 Å². The Morgan fingerprint density at radius 2 is 2.00 bits per heavy atom. The van der Waals surface area contributed by atoms with E-state index in [4.69, 9.17) is 9.47 Å². The van der Waals surface area contributed by atoms with E-state index in [1.165, 1.54) is 0 Å². The molecule has 148 valence electrons. The zero-order valence-corrected chi connectivity index (χ0v) is 16.6. The molecule has 6 heteroatoms. The summed E-state index contributed by atoms with van der Waals surface area (Å²) in [5, 5.41) is 0. The Hall–Kier alpha value is -2.60. The lowest BCUT2D eigenvalue weighted by molar-refractivity contribution is 0.0733. The molecular formula is C22H27N3O3. The number of benzene rings is 1. The number of nitrogens with zero attached hydrogens (tertiary/aromatic N) is 3. The van der Waals surface area contributed by atoms with Gasteiger partial charge in [0, 0.05) is 43.0 Å². The van der Waals surface area contributed by atoms with E-state index in [-0.39, 0.29) is 12.7 Å². The van der Waals surface area contributed by atoms with E-state index in [9.17, 15) is 4.79 Å². The number of amides is 1. The van der Waals surface area contributed by atoms with Crippen molar-refractivity contribution in [2.24, 2.45) is 0 Å². The van der Waals surface area contributed by atoms with Crippen LogP contribution < -0.4 is 9.47 Å². The molecule has 2 aromatic rings. The van der Waals surface area contributed by atoms with Crippen LogP contribution in [0.25, 0.3) is 0 Å². The highest BCUT2D eigenvalue weighted by molar-refractivity contribution is 5.97. The van der Waals surface area contributed by atoms with E-state index in [0.717, 1.165) is 73.7 Å². The number of carbonyl (C=O) groups is 1. The molecule has 2 aliphatic rings. The summed E-state index contributed by atoms with van der Waals surface area (Å²) >= 11 is 0. The average molecular weight is 381 g/mol. The maximum Gasteiger partial charge on any atom is 0.254 e. The van der Waals surface area contributed by atoms with E-state index in [1.807, 2.05) is 30.0 Å². The first-order valence-electron chi connectivity index (χ1n) is 9.93. The number of likely N-dealkylation sites (N-methyl/N-ethyl adjacent to an activating group) is 1. The molecule has 0 spiro atoms. The third kappa shape index (κ3) is 4.12. The number of ether oxygens (including phenoxy) is 2. The molecule has 1 amide bonds. The molecule has 0 N–H and O–H groups in total. The first-order valence-corrected chi connectivity index (χ1v) is 9.93. The Labute approximate surface area is 166 Å². The highest BCUT2D eigenvalue weighted by Gasteiger charge is 2.27. The third-order valence-corrected chi connectivity index (χ3v) is 5.43. The van der Waals surface area contributed by atoms with Crippen molar-refractivity contribution in [1.82, 2.24) is 14.8 Å².